The standard InChI is InChI=1S/C17H21N3O/c1-2-5-14(6-3-1)7-4-9-18-17-11-16(19-13-20-17)15-8-10-21-12-15/h1-3,5-6,11,13,15H,4,7-10,12H2,(H,18,19,20). The molecular formula is C17H21N3O. The van der Waals surface area contributed by atoms with Crippen molar-refractivity contribution in [3.05, 3.63) is 54.0 Å². The molecule has 4 nitrogen and oxygen atoms in total. The van der Waals surface area contributed by atoms with Crippen molar-refractivity contribution in [2.75, 3.05) is 25.1 Å². The molecule has 1 N–H and O–H groups in total. The third-order valence-electron chi connectivity index (χ3n) is 3.83. The van der Waals surface area contributed by atoms with Crippen molar-refractivity contribution in [2.24, 2.45) is 0 Å². The number of nitrogens with one attached hydrogen (secondary N) is 1. The smallest absolute Gasteiger partial charge is 0.129 e. The van der Waals surface area contributed by atoms with Crippen LogP contribution in [0.4, 0.5) is 5.82 Å². The highest BCUT2D eigenvalue weighted by Crippen LogP contribution is 2.24. The van der Waals surface area contributed by atoms with Gasteiger partial charge >= 0.3 is 0 Å². The number of nitrogens with zero attached hydrogens (tertiary/aromatic N) is 2. The molecule has 4 heteroatoms. The molecule has 1 aliphatic heterocycles. The van der Waals surface area contributed by atoms with Gasteiger partial charge in [-0.3, -0.25) is 0 Å². The minimum absolute atomic E-state index is 0.429. The summed E-state index contributed by atoms with van der Waals surface area (Å²) in [6.45, 7) is 2.55. The summed E-state index contributed by atoms with van der Waals surface area (Å²) in [4.78, 5) is 8.66. The van der Waals surface area contributed by atoms with Crippen LogP contribution in [0.2, 0.25) is 0 Å². The largest absolute Gasteiger partial charge is 0.381 e. The second-order valence-electron chi connectivity index (χ2n) is 5.40. The van der Waals surface area contributed by atoms with Crippen molar-refractivity contribution in [3.8, 4) is 0 Å². The zero-order valence-corrected chi connectivity index (χ0v) is 12.2. The summed E-state index contributed by atoms with van der Waals surface area (Å²) in [5.41, 5.74) is 2.47. The van der Waals surface area contributed by atoms with Crippen LogP contribution < -0.4 is 5.32 Å². The Morgan fingerprint density at radius 1 is 1.19 bits per heavy atom. The van der Waals surface area contributed by atoms with Gasteiger partial charge in [0.05, 0.1) is 12.3 Å². The third kappa shape index (κ3) is 4.02. The Labute approximate surface area is 125 Å². The lowest BCUT2D eigenvalue weighted by molar-refractivity contribution is 0.193. The van der Waals surface area contributed by atoms with Crippen LogP contribution in [0.3, 0.4) is 0 Å². The summed E-state index contributed by atoms with van der Waals surface area (Å²) in [7, 11) is 0. The quantitative estimate of drug-likeness (QED) is 0.828. The average molecular weight is 283 g/mol. The van der Waals surface area contributed by atoms with E-state index in [-0.39, 0.29) is 0 Å². The fourth-order valence-corrected chi connectivity index (χ4v) is 2.61. The van der Waals surface area contributed by atoms with Gasteiger partial charge in [-0.15, -0.1) is 0 Å². The zero-order chi connectivity index (χ0) is 14.3. The molecule has 1 atom stereocenters. The minimum Gasteiger partial charge on any atom is -0.381 e. The van der Waals surface area contributed by atoms with Gasteiger partial charge in [-0.25, -0.2) is 9.97 Å². The number of aromatic nitrogens is 2. The maximum absolute atomic E-state index is 5.42. The van der Waals surface area contributed by atoms with Crippen LogP contribution >= 0.6 is 0 Å². The van der Waals surface area contributed by atoms with E-state index < -0.39 is 0 Å². The first-order valence-electron chi connectivity index (χ1n) is 7.59. The van der Waals surface area contributed by atoms with Crippen molar-refractivity contribution in [1.82, 2.24) is 9.97 Å². The summed E-state index contributed by atoms with van der Waals surface area (Å²) in [5, 5.41) is 3.39. The Morgan fingerprint density at radius 2 is 2.10 bits per heavy atom. The fraction of sp³-hybridized carbons (Fsp3) is 0.412. The predicted molar refractivity (Wildman–Crippen MR) is 83.5 cm³/mol. The van der Waals surface area contributed by atoms with E-state index in [1.54, 1.807) is 6.33 Å². The van der Waals surface area contributed by atoms with Gasteiger partial charge in [-0.1, -0.05) is 30.3 Å². The molecule has 110 valence electrons. The molecule has 1 fully saturated rings. The van der Waals surface area contributed by atoms with Crippen molar-refractivity contribution in [3.63, 3.8) is 0 Å². The first kappa shape index (κ1) is 14.0. The van der Waals surface area contributed by atoms with Gasteiger partial charge in [0, 0.05) is 25.1 Å². The van der Waals surface area contributed by atoms with Gasteiger partial charge in [0.15, 0.2) is 0 Å². The average Bonchev–Trinajstić information content (AvgIpc) is 3.07. The zero-order valence-electron chi connectivity index (χ0n) is 12.2. The Morgan fingerprint density at radius 3 is 2.90 bits per heavy atom. The molecule has 0 spiro atoms. The number of ether oxygens (including phenoxy) is 1. The Kier molecular flexibility index (Phi) is 4.79. The molecule has 0 amide bonds. The van der Waals surface area contributed by atoms with Gasteiger partial charge < -0.3 is 10.1 Å². The molecule has 1 aromatic carbocycles. The first-order chi connectivity index (χ1) is 10.4. The Hall–Kier alpha value is -1.94. The van der Waals surface area contributed by atoms with Crippen molar-refractivity contribution < 1.29 is 4.74 Å². The van der Waals surface area contributed by atoms with Crippen LogP contribution in [0.15, 0.2) is 42.7 Å². The van der Waals surface area contributed by atoms with Crippen molar-refractivity contribution >= 4 is 5.82 Å². The van der Waals surface area contributed by atoms with Gasteiger partial charge in [0.1, 0.15) is 12.1 Å². The predicted octanol–water partition coefficient (Wildman–Crippen LogP) is 3.03. The van der Waals surface area contributed by atoms with Crippen LogP contribution in [-0.4, -0.2) is 29.7 Å². The van der Waals surface area contributed by atoms with E-state index in [2.05, 4.69) is 51.7 Å². The van der Waals surface area contributed by atoms with E-state index in [0.717, 1.165) is 50.5 Å². The third-order valence-corrected chi connectivity index (χ3v) is 3.83. The highest BCUT2D eigenvalue weighted by atomic mass is 16.5. The second-order valence-corrected chi connectivity index (χ2v) is 5.40. The van der Waals surface area contributed by atoms with E-state index in [1.165, 1.54) is 5.56 Å². The lowest BCUT2D eigenvalue weighted by atomic mass is 10.1. The number of rotatable bonds is 6. The molecule has 1 unspecified atom stereocenters. The highest BCUT2D eigenvalue weighted by molar-refractivity contribution is 5.36. The van der Waals surface area contributed by atoms with Crippen LogP contribution in [0, 0.1) is 0 Å². The molecule has 21 heavy (non-hydrogen) atoms. The number of benzene rings is 1. The van der Waals surface area contributed by atoms with Crippen LogP contribution in [0.5, 0.6) is 0 Å². The molecule has 1 saturated heterocycles. The molecule has 3 rings (SSSR count). The minimum atomic E-state index is 0.429. The van der Waals surface area contributed by atoms with Gasteiger partial charge in [0.2, 0.25) is 0 Å². The van der Waals surface area contributed by atoms with Gasteiger partial charge in [-0.05, 0) is 24.8 Å². The summed E-state index contributed by atoms with van der Waals surface area (Å²) < 4.78 is 5.42. The van der Waals surface area contributed by atoms with Crippen molar-refractivity contribution in [2.45, 2.75) is 25.2 Å². The van der Waals surface area contributed by atoms with Crippen LogP contribution in [-0.2, 0) is 11.2 Å². The van der Waals surface area contributed by atoms with Gasteiger partial charge in [-0.2, -0.15) is 0 Å². The first-order valence-corrected chi connectivity index (χ1v) is 7.59. The molecule has 0 radical (unpaired) electrons. The van der Waals surface area contributed by atoms with Gasteiger partial charge in [0.25, 0.3) is 0 Å². The number of anilines is 1. The highest BCUT2D eigenvalue weighted by Gasteiger charge is 2.19. The maximum Gasteiger partial charge on any atom is 0.129 e. The SMILES string of the molecule is c1ccc(CCCNc2cc(C3CCOC3)ncn2)cc1. The fourth-order valence-electron chi connectivity index (χ4n) is 2.61. The topological polar surface area (TPSA) is 47.0 Å². The molecule has 0 bridgehead atoms. The normalized spacial score (nSPS) is 17.8. The molecule has 1 aliphatic rings. The second kappa shape index (κ2) is 7.18. The summed E-state index contributed by atoms with van der Waals surface area (Å²) in [5.74, 6) is 1.35. The molecule has 0 aliphatic carbocycles. The molecule has 2 aromatic rings. The maximum atomic E-state index is 5.42. The van der Waals surface area contributed by atoms with E-state index in [1.807, 2.05) is 0 Å². The van der Waals surface area contributed by atoms with E-state index >= 15 is 0 Å². The number of aryl methyl sites for hydroxylation is 1. The monoisotopic (exact) mass is 283 g/mol. The molecule has 2 heterocycles. The van der Waals surface area contributed by atoms with E-state index in [9.17, 15) is 0 Å². The lowest BCUT2D eigenvalue weighted by Gasteiger charge is -2.10. The van der Waals surface area contributed by atoms with Crippen molar-refractivity contribution in [1.29, 1.82) is 0 Å². The molecule has 1 aromatic heterocycles. The summed E-state index contributed by atoms with van der Waals surface area (Å²) in [6.07, 6.45) is 4.88. The molecule has 0 saturated carbocycles. The summed E-state index contributed by atoms with van der Waals surface area (Å²) in [6, 6.07) is 12.6. The van der Waals surface area contributed by atoms with E-state index in [4.69, 9.17) is 4.74 Å². The molecular weight excluding hydrogens is 262 g/mol. The number of hydrogen-bond donors (Lipinski definition) is 1. The Bertz CT molecular complexity index is 553. The van der Waals surface area contributed by atoms with Crippen LogP contribution in [0.1, 0.15) is 30.0 Å². The van der Waals surface area contributed by atoms with E-state index in [0.29, 0.717) is 5.92 Å². The van der Waals surface area contributed by atoms with Crippen LogP contribution in [0.25, 0.3) is 0 Å². The lowest BCUT2D eigenvalue weighted by Crippen LogP contribution is -2.07. The Balaban J connectivity index is 1.48. The summed E-state index contributed by atoms with van der Waals surface area (Å²) >= 11 is 0. The number of hydrogen-bond acceptors (Lipinski definition) is 4.